The van der Waals surface area contributed by atoms with Gasteiger partial charge in [0.05, 0.1) is 28.3 Å². The number of sulfone groups is 1. The van der Waals surface area contributed by atoms with E-state index in [4.69, 9.17) is 23.2 Å². The molecule has 2 heterocycles. The molecule has 158 valence electrons. The van der Waals surface area contributed by atoms with Crippen LogP contribution in [0.2, 0.25) is 10.0 Å². The van der Waals surface area contributed by atoms with Crippen molar-refractivity contribution in [1.82, 2.24) is 5.32 Å². The SMILES string of the molecule is O=C(NCCc1ccc(Cl)cc1)c1ccc(Cl)c(NC2=N[C@@H]3CS(=O)(=O)C[C@@H]3S2)c1. The minimum atomic E-state index is -3.00. The van der Waals surface area contributed by atoms with E-state index in [2.05, 4.69) is 15.6 Å². The topological polar surface area (TPSA) is 87.6 Å². The van der Waals surface area contributed by atoms with Gasteiger partial charge in [0, 0.05) is 22.4 Å². The molecule has 2 aliphatic heterocycles. The van der Waals surface area contributed by atoms with Gasteiger partial charge in [0.15, 0.2) is 15.0 Å². The molecular weight excluding hydrogens is 465 g/mol. The maximum atomic E-state index is 12.5. The monoisotopic (exact) mass is 483 g/mol. The highest BCUT2D eigenvalue weighted by atomic mass is 35.5. The molecular formula is C20H19Cl2N3O3S2. The quantitative estimate of drug-likeness (QED) is 0.677. The summed E-state index contributed by atoms with van der Waals surface area (Å²) in [5.74, 6) is 0.0214. The summed E-state index contributed by atoms with van der Waals surface area (Å²) in [5.41, 5.74) is 2.13. The molecule has 2 N–H and O–H groups in total. The van der Waals surface area contributed by atoms with Crippen molar-refractivity contribution in [3.05, 3.63) is 63.6 Å². The van der Waals surface area contributed by atoms with Gasteiger partial charge < -0.3 is 10.6 Å². The van der Waals surface area contributed by atoms with Gasteiger partial charge in [-0.3, -0.25) is 9.79 Å². The molecule has 2 aromatic rings. The molecule has 2 atom stereocenters. The van der Waals surface area contributed by atoms with Crippen molar-refractivity contribution in [2.75, 3.05) is 23.4 Å². The number of carbonyl (C=O) groups is 1. The molecule has 6 nitrogen and oxygen atoms in total. The standard InChI is InChI=1S/C20H19Cl2N3O3S2/c21-14-4-1-12(2-5-14)7-8-23-19(26)13-3-6-15(22)16(9-13)24-20-25-17-10-30(27,28)11-18(17)29-20/h1-6,9,17-18H,7-8,10-11H2,(H,23,26)(H,24,25)/t17-,18+/m1/s1. The Balaban J connectivity index is 1.37. The van der Waals surface area contributed by atoms with E-state index < -0.39 is 9.84 Å². The lowest BCUT2D eigenvalue weighted by atomic mass is 10.1. The van der Waals surface area contributed by atoms with Crippen molar-refractivity contribution < 1.29 is 13.2 Å². The number of nitrogens with zero attached hydrogens (tertiary/aromatic N) is 1. The first-order valence-electron chi connectivity index (χ1n) is 9.33. The van der Waals surface area contributed by atoms with E-state index >= 15 is 0 Å². The second-order valence-corrected chi connectivity index (χ2v) is 11.4. The summed E-state index contributed by atoms with van der Waals surface area (Å²) in [5, 5.41) is 7.75. The fourth-order valence-electron chi connectivity index (χ4n) is 3.37. The molecule has 0 radical (unpaired) electrons. The van der Waals surface area contributed by atoms with Crippen molar-refractivity contribution in [2.24, 2.45) is 4.99 Å². The third kappa shape index (κ3) is 5.11. The van der Waals surface area contributed by atoms with Crippen LogP contribution in [0, 0.1) is 0 Å². The average Bonchev–Trinajstić information content (AvgIpc) is 3.17. The Morgan fingerprint density at radius 2 is 1.90 bits per heavy atom. The van der Waals surface area contributed by atoms with Gasteiger partial charge in [0.25, 0.3) is 5.91 Å². The van der Waals surface area contributed by atoms with E-state index in [1.54, 1.807) is 18.2 Å². The second-order valence-electron chi connectivity index (χ2n) is 7.19. The summed E-state index contributed by atoms with van der Waals surface area (Å²) in [7, 11) is -3.00. The summed E-state index contributed by atoms with van der Waals surface area (Å²) < 4.78 is 23.4. The Kier molecular flexibility index (Phi) is 6.29. The Morgan fingerprint density at radius 3 is 2.63 bits per heavy atom. The van der Waals surface area contributed by atoms with Crippen molar-refractivity contribution in [2.45, 2.75) is 17.7 Å². The van der Waals surface area contributed by atoms with Gasteiger partial charge in [0.1, 0.15) is 0 Å². The predicted octanol–water partition coefficient (Wildman–Crippen LogP) is 3.65. The van der Waals surface area contributed by atoms with Crippen molar-refractivity contribution >= 4 is 61.6 Å². The van der Waals surface area contributed by atoms with Crippen LogP contribution >= 0.6 is 35.0 Å². The molecule has 4 rings (SSSR count). The number of hydrogen-bond donors (Lipinski definition) is 2. The zero-order valence-corrected chi connectivity index (χ0v) is 18.9. The van der Waals surface area contributed by atoms with Crippen LogP contribution in [0.5, 0.6) is 0 Å². The number of amides is 1. The normalized spacial score (nSPS) is 21.7. The largest absolute Gasteiger partial charge is 0.352 e. The molecule has 0 aromatic heterocycles. The maximum absolute atomic E-state index is 12.5. The van der Waals surface area contributed by atoms with Crippen LogP contribution in [0.15, 0.2) is 47.5 Å². The fraction of sp³-hybridized carbons (Fsp3) is 0.300. The number of fused-ring (bicyclic) bond motifs is 1. The molecule has 2 aliphatic rings. The molecule has 0 spiro atoms. The number of rotatable bonds is 5. The minimum Gasteiger partial charge on any atom is -0.352 e. The number of carbonyl (C=O) groups excluding carboxylic acids is 1. The van der Waals surface area contributed by atoms with E-state index in [1.165, 1.54) is 11.8 Å². The third-order valence-electron chi connectivity index (χ3n) is 4.90. The predicted molar refractivity (Wildman–Crippen MR) is 124 cm³/mol. The fourth-order valence-corrected chi connectivity index (χ4v) is 7.33. The van der Waals surface area contributed by atoms with Gasteiger partial charge in [0.2, 0.25) is 0 Å². The lowest BCUT2D eigenvalue weighted by molar-refractivity contribution is 0.0954. The number of anilines is 1. The molecule has 0 unspecified atom stereocenters. The number of halogens is 2. The van der Waals surface area contributed by atoms with Crippen molar-refractivity contribution in [3.63, 3.8) is 0 Å². The van der Waals surface area contributed by atoms with Gasteiger partial charge in [-0.2, -0.15) is 0 Å². The Labute approximate surface area is 189 Å². The first kappa shape index (κ1) is 21.5. The molecule has 1 fully saturated rings. The highest BCUT2D eigenvalue weighted by molar-refractivity contribution is 8.15. The highest BCUT2D eigenvalue weighted by Gasteiger charge is 2.42. The van der Waals surface area contributed by atoms with Crippen LogP contribution in [-0.2, 0) is 16.3 Å². The van der Waals surface area contributed by atoms with E-state index in [-0.39, 0.29) is 28.7 Å². The first-order valence-corrected chi connectivity index (χ1v) is 12.8. The molecule has 1 saturated heterocycles. The first-order chi connectivity index (χ1) is 14.3. The average molecular weight is 484 g/mol. The van der Waals surface area contributed by atoms with Crippen LogP contribution in [-0.4, -0.2) is 48.8 Å². The van der Waals surface area contributed by atoms with Crippen LogP contribution in [0.25, 0.3) is 0 Å². The van der Waals surface area contributed by atoms with E-state index in [0.29, 0.717) is 39.4 Å². The summed E-state index contributed by atoms with van der Waals surface area (Å²) in [6, 6.07) is 12.3. The molecule has 0 aliphatic carbocycles. The highest BCUT2D eigenvalue weighted by Crippen LogP contribution is 2.35. The molecule has 10 heteroatoms. The summed E-state index contributed by atoms with van der Waals surface area (Å²) >= 11 is 13.6. The Hall–Kier alpha value is -1.74. The molecule has 1 amide bonds. The van der Waals surface area contributed by atoms with Crippen LogP contribution in [0.1, 0.15) is 15.9 Å². The number of thioether (sulfide) groups is 1. The van der Waals surface area contributed by atoms with E-state index in [0.717, 1.165) is 5.56 Å². The zero-order chi connectivity index (χ0) is 21.3. The van der Waals surface area contributed by atoms with Crippen LogP contribution in [0.3, 0.4) is 0 Å². The molecule has 0 saturated carbocycles. The van der Waals surface area contributed by atoms with Gasteiger partial charge >= 0.3 is 0 Å². The summed E-state index contributed by atoms with van der Waals surface area (Å²) in [6.07, 6.45) is 0.695. The molecule has 0 bridgehead atoms. The summed E-state index contributed by atoms with van der Waals surface area (Å²) in [6.45, 7) is 0.492. The number of aliphatic imine (C=N–C) groups is 1. The number of nitrogens with one attached hydrogen (secondary N) is 2. The molecule has 2 aromatic carbocycles. The van der Waals surface area contributed by atoms with E-state index in [9.17, 15) is 13.2 Å². The lowest BCUT2D eigenvalue weighted by Gasteiger charge is -2.11. The number of hydrogen-bond acceptors (Lipinski definition) is 6. The zero-order valence-electron chi connectivity index (χ0n) is 15.8. The van der Waals surface area contributed by atoms with Gasteiger partial charge in [-0.25, -0.2) is 8.42 Å². The lowest BCUT2D eigenvalue weighted by Crippen LogP contribution is -2.25. The van der Waals surface area contributed by atoms with Gasteiger partial charge in [-0.15, -0.1) is 0 Å². The Bertz CT molecular complexity index is 1100. The molecule has 30 heavy (non-hydrogen) atoms. The summed E-state index contributed by atoms with van der Waals surface area (Å²) in [4.78, 5) is 17.0. The van der Waals surface area contributed by atoms with Crippen molar-refractivity contribution in [1.29, 1.82) is 0 Å². The van der Waals surface area contributed by atoms with Crippen LogP contribution < -0.4 is 10.6 Å². The smallest absolute Gasteiger partial charge is 0.251 e. The minimum absolute atomic E-state index is 0.0596. The van der Waals surface area contributed by atoms with Gasteiger partial charge in [-0.1, -0.05) is 47.1 Å². The second kappa shape index (κ2) is 8.78. The van der Waals surface area contributed by atoms with E-state index in [1.807, 2.05) is 24.3 Å². The maximum Gasteiger partial charge on any atom is 0.251 e. The Morgan fingerprint density at radius 1 is 1.13 bits per heavy atom. The number of benzene rings is 2. The van der Waals surface area contributed by atoms with Crippen molar-refractivity contribution in [3.8, 4) is 0 Å². The third-order valence-corrected chi connectivity index (χ3v) is 8.62. The van der Waals surface area contributed by atoms with Gasteiger partial charge in [-0.05, 0) is 42.3 Å². The number of amidine groups is 1. The van der Waals surface area contributed by atoms with Crippen LogP contribution in [0.4, 0.5) is 5.69 Å².